The number of sulfonamides is 1. The van der Waals surface area contributed by atoms with E-state index in [0.29, 0.717) is 26.2 Å². The minimum Gasteiger partial charge on any atom is -0.335 e. The van der Waals surface area contributed by atoms with Gasteiger partial charge in [0.05, 0.1) is 4.88 Å². The fourth-order valence-electron chi connectivity index (χ4n) is 3.29. The van der Waals surface area contributed by atoms with Gasteiger partial charge in [0.1, 0.15) is 4.90 Å². The van der Waals surface area contributed by atoms with Gasteiger partial charge >= 0.3 is 0 Å². The number of pyridine rings is 1. The molecule has 0 aromatic carbocycles. The van der Waals surface area contributed by atoms with Crippen LogP contribution >= 0.6 is 11.3 Å². The van der Waals surface area contributed by atoms with Crippen LogP contribution in [0.4, 0.5) is 0 Å². The van der Waals surface area contributed by atoms with E-state index in [9.17, 15) is 13.2 Å². The van der Waals surface area contributed by atoms with Gasteiger partial charge in [0.15, 0.2) is 0 Å². The number of amides is 1. The lowest BCUT2D eigenvalue weighted by molar-refractivity contribution is 0.0702. The molecule has 138 valence electrons. The lowest BCUT2D eigenvalue weighted by Gasteiger charge is -2.33. The molecule has 0 unspecified atom stereocenters. The number of rotatable bonds is 3. The topological polar surface area (TPSA) is 82.6 Å². The molecular formula is C17H20N4O3S2. The summed E-state index contributed by atoms with van der Waals surface area (Å²) < 4.78 is 26.7. The molecule has 4 heterocycles. The monoisotopic (exact) mass is 392 g/mol. The number of nitrogens with zero attached hydrogens (tertiary/aromatic N) is 3. The van der Waals surface area contributed by atoms with E-state index in [0.717, 1.165) is 24.4 Å². The molecule has 2 aromatic heterocycles. The van der Waals surface area contributed by atoms with Gasteiger partial charge in [-0.15, -0.1) is 11.3 Å². The zero-order valence-electron chi connectivity index (χ0n) is 14.2. The number of carbonyl (C=O) groups is 1. The summed E-state index contributed by atoms with van der Waals surface area (Å²) in [4.78, 5) is 20.6. The number of fused-ring (bicyclic) bond motifs is 1. The van der Waals surface area contributed by atoms with E-state index < -0.39 is 10.0 Å². The fourth-order valence-corrected chi connectivity index (χ4v) is 5.83. The Morgan fingerprint density at radius 1 is 1.23 bits per heavy atom. The molecule has 2 aliphatic rings. The minimum absolute atomic E-state index is 0.00262. The molecule has 9 heteroatoms. The van der Waals surface area contributed by atoms with Crippen LogP contribution in [-0.2, 0) is 23.0 Å². The summed E-state index contributed by atoms with van der Waals surface area (Å²) in [6.45, 7) is 3.17. The molecule has 0 spiro atoms. The van der Waals surface area contributed by atoms with E-state index in [2.05, 4.69) is 10.3 Å². The van der Waals surface area contributed by atoms with Gasteiger partial charge in [-0.2, -0.15) is 4.31 Å². The number of thiophene rings is 1. The maximum atomic E-state index is 12.8. The quantitative estimate of drug-likeness (QED) is 0.841. The summed E-state index contributed by atoms with van der Waals surface area (Å²) in [5, 5.41) is 3.31. The molecule has 1 saturated heterocycles. The van der Waals surface area contributed by atoms with E-state index in [4.69, 9.17) is 0 Å². The van der Waals surface area contributed by atoms with Crippen molar-refractivity contribution in [1.82, 2.24) is 19.5 Å². The zero-order valence-corrected chi connectivity index (χ0v) is 15.9. The standard InChI is InChI=1S/C17H20N4O3S2/c22-17(16-10-13-11-19-5-3-15(13)25-16)20-6-8-21(9-7-20)26(23,24)14-2-1-4-18-12-14/h1-2,4,10,12,19H,3,5-9,11H2. The second-order valence-electron chi connectivity index (χ2n) is 6.37. The van der Waals surface area contributed by atoms with Gasteiger partial charge in [-0.1, -0.05) is 0 Å². The summed E-state index contributed by atoms with van der Waals surface area (Å²) in [5.41, 5.74) is 1.21. The van der Waals surface area contributed by atoms with Gasteiger partial charge in [0.2, 0.25) is 10.0 Å². The highest BCUT2D eigenvalue weighted by atomic mass is 32.2. The maximum absolute atomic E-state index is 12.8. The Morgan fingerprint density at radius 2 is 2.04 bits per heavy atom. The first-order chi connectivity index (χ1) is 12.6. The zero-order chi connectivity index (χ0) is 18.1. The highest BCUT2D eigenvalue weighted by molar-refractivity contribution is 7.89. The van der Waals surface area contributed by atoms with Crippen molar-refractivity contribution in [2.24, 2.45) is 0 Å². The first-order valence-corrected chi connectivity index (χ1v) is 10.8. The van der Waals surface area contributed by atoms with Crippen molar-refractivity contribution in [3.63, 3.8) is 0 Å². The van der Waals surface area contributed by atoms with Crippen LogP contribution < -0.4 is 5.32 Å². The van der Waals surface area contributed by atoms with Gasteiger partial charge < -0.3 is 10.2 Å². The van der Waals surface area contributed by atoms with Gasteiger partial charge in [-0.05, 0) is 30.2 Å². The van der Waals surface area contributed by atoms with Gasteiger partial charge in [-0.25, -0.2) is 8.42 Å². The second-order valence-corrected chi connectivity index (χ2v) is 9.45. The Kier molecular flexibility index (Phi) is 4.78. The van der Waals surface area contributed by atoms with Crippen molar-refractivity contribution in [2.75, 3.05) is 32.7 Å². The molecule has 1 N–H and O–H groups in total. The molecule has 0 bridgehead atoms. The summed E-state index contributed by atoms with van der Waals surface area (Å²) in [6, 6.07) is 5.14. The molecule has 2 aromatic rings. The Labute approximate surface area is 156 Å². The van der Waals surface area contributed by atoms with Crippen LogP contribution in [0.3, 0.4) is 0 Å². The Hall–Kier alpha value is -1.81. The van der Waals surface area contributed by atoms with Crippen molar-refractivity contribution >= 4 is 27.3 Å². The predicted molar refractivity (Wildman–Crippen MR) is 98.6 cm³/mol. The van der Waals surface area contributed by atoms with Crippen LogP contribution in [0.25, 0.3) is 0 Å². The minimum atomic E-state index is -3.55. The average molecular weight is 393 g/mol. The molecule has 0 radical (unpaired) electrons. The molecule has 2 aliphatic heterocycles. The Bertz CT molecular complexity index is 880. The van der Waals surface area contributed by atoms with Gasteiger partial charge in [0, 0.05) is 56.5 Å². The number of nitrogens with one attached hydrogen (secondary N) is 1. The van der Waals surface area contributed by atoms with E-state index in [1.54, 1.807) is 34.6 Å². The molecule has 0 atom stereocenters. The van der Waals surface area contributed by atoms with Crippen LogP contribution in [0.1, 0.15) is 20.1 Å². The Morgan fingerprint density at radius 3 is 2.73 bits per heavy atom. The molecule has 1 fully saturated rings. The lowest BCUT2D eigenvalue weighted by Crippen LogP contribution is -2.50. The van der Waals surface area contributed by atoms with Crippen molar-refractivity contribution in [3.05, 3.63) is 45.9 Å². The molecule has 4 rings (SSSR count). The third-order valence-electron chi connectivity index (χ3n) is 4.75. The molecule has 0 aliphatic carbocycles. The largest absolute Gasteiger partial charge is 0.335 e. The number of hydrogen-bond donors (Lipinski definition) is 1. The highest BCUT2D eigenvalue weighted by Gasteiger charge is 2.31. The van der Waals surface area contributed by atoms with Crippen molar-refractivity contribution in [3.8, 4) is 0 Å². The molecule has 26 heavy (non-hydrogen) atoms. The first-order valence-electron chi connectivity index (χ1n) is 8.57. The predicted octanol–water partition coefficient (Wildman–Crippen LogP) is 0.935. The molecule has 0 saturated carbocycles. The molecule has 7 nitrogen and oxygen atoms in total. The van der Waals surface area contributed by atoms with Gasteiger partial charge in [-0.3, -0.25) is 9.78 Å². The third kappa shape index (κ3) is 3.27. The summed E-state index contributed by atoms with van der Waals surface area (Å²) in [5.74, 6) is 0.00262. The maximum Gasteiger partial charge on any atom is 0.264 e. The van der Waals surface area contributed by atoms with Crippen LogP contribution in [0.15, 0.2) is 35.5 Å². The van der Waals surface area contributed by atoms with E-state index >= 15 is 0 Å². The second kappa shape index (κ2) is 7.07. The summed E-state index contributed by atoms with van der Waals surface area (Å²) >= 11 is 1.57. The summed E-state index contributed by atoms with van der Waals surface area (Å²) in [6.07, 6.45) is 3.87. The van der Waals surface area contributed by atoms with E-state index in [-0.39, 0.29) is 10.8 Å². The number of piperazine rings is 1. The lowest BCUT2D eigenvalue weighted by atomic mass is 10.1. The van der Waals surface area contributed by atoms with E-state index in [1.807, 2.05) is 6.07 Å². The molecular weight excluding hydrogens is 372 g/mol. The third-order valence-corrected chi connectivity index (χ3v) is 7.86. The first kappa shape index (κ1) is 17.6. The Balaban J connectivity index is 1.43. The highest BCUT2D eigenvalue weighted by Crippen LogP contribution is 2.27. The molecule has 1 amide bonds. The fraction of sp³-hybridized carbons (Fsp3) is 0.412. The number of hydrogen-bond acceptors (Lipinski definition) is 6. The van der Waals surface area contributed by atoms with Gasteiger partial charge in [0.25, 0.3) is 5.91 Å². The van der Waals surface area contributed by atoms with Crippen LogP contribution in [-0.4, -0.2) is 61.2 Å². The van der Waals surface area contributed by atoms with Crippen molar-refractivity contribution in [2.45, 2.75) is 17.9 Å². The number of aromatic nitrogens is 1. The van der Waals surface area contributed by atoms with Crippen LogP contribution in [0, 0.1) is 0 Å². The van der Waals surface area contributed by atoms with Crippen molar-refractivity contribution < 1.29 is 13.2 Å². The smallest absolute Gasteiger partial charge is 0.264 e. The summed E-state index contributed by atoms with van der Waals surface area (Å²) in [7, 11) is -3.55. The van der Waals surface area contributed by atoms with Crippen molar-refractivity contribution in [1.29, 1.82) is 0 Å². The number of carbonyl (C=O) groups excluding carboxylic acids is 1. The van der Waals surface area contributed by atoms with Crippen LogP contribution in [0.5, 0.6) is 0 Å². The van der Waals surface area contributed by atoms with Crippen LogP contribution in [0.2, 0.25) is 0 Å². The van der Waals surface area contributed by atoms with E-state index in [1.165, 1.54) is 20.9 Å². The average Bonchev–Trinajstić information content (AvgIpc) is 3.12. The SMILES string of the molecule is O=C(c1cc2c(s1)CCNC2)N1CCN(S(=O)(=O)c2cccnc2)CC1. The normalized spacial score (nSPS) is 18.5.